The second kappa shape index (κ2) is 6.10. The third-order valence-electron chi connectivity index (χ3n) is 3.39. The van der Waals surface area contributed by atoms with E-state index in [0.29, 0.717) is 11.1 Å². The molecule has 2 aromatic carbocycles. The monoisotopic (exact) mass is 289 g/mol. The van der Waals surface area contributed by atoms with Crippen LogP contribution in [0.2, 0.25) is 0 Å². The molecule has 4 nitrogen and oxygen atoms in total. The maximum atomic E-state index is 12.2. The van der Waals surface area contributed by atoms with Crippen LogP contribution >= 0.6 is 0 Å². The van der Waals surface area contributed by atoms with Crippen molar-refractivity contribution in [1.82, 2.24) is 4.98 Å². The van der Waals surface area contributed by atoms with Crippen LogP contribution in [-0.4, -0.2) is 11.2 Å². The minimum atomic E-state index is -0.205. The molecule has 1 heterocycles. The Morgan fingerprint density at radius 2 is 1.77 bits per heavy atom. The summed E-state index contributed by atoms with van der Waals surface area (Å²) in [6, 6.07) is 19.0. The third kappa shape index (κ3) is 2.81. The second-order valence-electron chi connectivity index (χ2n) is 4.85. The van der Waals surface area contributed by atoms with E-state index in [1.807, 2.05) is 54.6 Å². The van der Waals surface area contributed by atoms with Crippen molar-refractivity contribution in [3.63, 3.8) is 0 Å². The van der Waals surface area contributed by atoms with Gasteiger partial charge in [0.2, 0.25) is 0 Å². The van der Waals surface area contributed by atoms with E-state index in [1.165, 1.54) is 6.21 Å². The van der Waals surface area contributed by atoms with Crippen molar-refractivity contribution >= 4 is 28.4 Å². The minimum absolute atomic E-state index is 0.205. The molecule has 0 aliphatic rings. The highest BCUT2D eigenvalue weighted by Gasteiger charge is 2.06. The molecule has 0 aliphatic carbocycles. The highest BCUT2D eigenvalue weighted by atomic mass is 16.1. The van der Waals surface area contributed by atoms with E-state index in [2.05, 4.69) is 10.3 Å². The van der Waals surface area contributed by atoms with Crippen LogP contribution in [0.3, 0.4) is 0 Å². The fraction of sp³-hybridized carbons (Fsp3) is 0. The first-order valence-electron chi connectivity index (χ1n) is 6.92. The van der Waals surface area contributed by atoms with Gasteiger partial charge in [-0.1, -0.05) is 36.4 Å². The first-order chi connectivity index (χ1) is 10.8. The highest BCUT2D eigenvalue weighted by Crippen LogP contribution is 2.15. The van der Waals surface area contributed by atoms with E-state index >= 15 is 0 Å². The Morgan fingerprint density at radius 1 is 1.05 bits per heavy atom. The molecule has 0 saturated carbocycles. The lowest BCUT2D eigenvalue weighted by Crippen LogP contribution is -2.12. The van der Waals surface area contributed by atoms with Crippen molar-refractivity contribution in [2.24, 2.45) is 0 Å². The maximum Gasteiger partial charge on any atom is 0.256 e. The number of hydrogen-bond acceptors (Lipinski definition) is 3. The van der Waals surface area contributed by atoms with E-state index in [4.69, 9.17) is 5.41 Å². The van der Waals surface area contributed by atoms with Gasteiger partial charge >= 0.3 is 0 Å². The highest BCUT2D eigenvalue weighted by molar-refractivity contribution is 6.09. The fourth-order valence-corrected chi connectivity index (χ4v) is 2.25. The molecule has 0 saturated heterocycles. The number of rotatable bonds is 4. The minimum Gasteiger partial charge on any atom is -0.361 e. The summed E-state index contributed by atoms with van der Waals surface area (Å²) in [4.78, 5) is 15.1. The Labute approximate surface area is 127 Å². The fourth-order valence-electron chi connectivity index (χ4n) is 2.25. The van der Waals surface area contributed by atoms with Crippen LogP contribution in [0.5, 0.6) is 0 Å². The zero-order valence-electron chi connectivity index (χ0n) is 11.8. The number of aromatic amines is 1. The molecule has 4 heteroatoms. The molecule has 0 bridgehead atoms. The van der Waals surface area contributed by atoms with E-state index in [0.717, 1.165) is 16.6 Å². The van der Waals surface area contributed by atoms with Gasteiger partial charge in [0.15, 0.2) is 0 Å². The van der Waals surface area contributed by atoms with Crippen LogP contribution in [0.15, 0.2) is 71.7 Å². The van der Waals surface area contributed by atoms with E-state index in [1.54, 1.807) is 12.3 Å². The predicted molar refractivity (Wildman–Crippen MR) is 91.4 cm³/mol. The molecule has 0 amide bonds. The van der Waals surface area contributed by atoms with Gasteiger partial charge in [-0.2, -0.15) is 0 Å². The number of hydrogen-bond donors (Lipinski definition) is 3. The van der Waals surface area contributed by atoms with Gasteiger partial charge in [0.25, 0.3) is 5.56 Å². The van der Waals surface area contributed by atoms with Gasteiger partial charge in [-0.3, -0.25) is 4.79 Å². The van der Waals surface area contributed by atoms with Crippen molar-refractivity contribution in [3.8, 4) is 0 Å². The molecule has 0 unspecified atom stereocenters. The van der Waals surface area contributed by atoms with Gasteiger partial charge in [0, 0.05) is 29.2 Å². The normalized spacial score (nSPS) is 11.4. The average Bonchev–Trinajstić information content (AvgIpc) is 2.56. The number of fused-ring (bicyclic) bond motifs is 1. The van der Waals surface area contributed by atoms with Crippen LogP contribution in [0.4, 0.5) is 5.69 Å². The SMILES string of the molecule is N=C/C(=C\Nc1ccccc1)c1cc2ccccc2[nH]c1=O. The molecule has 3 rings (SSSR count). The number of benzene rings is 2. The summed E-state index contributed by atoms with van der Waals surface area (Å²) in [5, 5.41) is 11.6. The average molecular weight is 289 g/mol. The number of aromatic nitrogens is 1. The van der Waals surface area contributed by atoms with Crippen LogP contribution in [-0.2, 0) is 0 Å². The lowest BCUT2D eigenvalue weighted by molar-refractivity contribution is 1.28. The number of anilines is 1. The molecule has 0 radical (unpaired) electrons. The number of pyridine rings is 1. The van der Waals surface area contributed by atoms with Gasteiger partial charge in [-0.15, -0.1) is 0 Å². The van der Waals surface area contributed by atoms with Crippen LogP contribution in [0.25, 0.3) is 16.5 Å². The molecule has 0 fully saturated rings. The third-order valence-corrected chi connectivity index (χ3v) is 3.39. The number of allylic oxidation sites excluding steroid dienone is 1. The Bertz CT molecular complexity index is 895. The van der Waals surface area contributed by atoms with E-state index < -0.39 is 0 Å². The van der Waals surface area contributed by atoms with E-state index in [-0.39, 0.29) is 5.56 Å². The molecule has 0 spiro atoms. The standard InChI is InChI=1S/C18H15N3O/c19-11-14(12-20-15-7-2-1-3-8-15)16-10-13-6-4-5-9-17(13)21-18(16)22/h1-12,19-20H,(H,21,22)/b14-12+,19-11?. The molecular weight excluding hydrogens is 274 g/mol. The first kappa shape index (κ1) is 13.8. The second-order valence-corrected chi connectivity index (χ2v) is 4.85. The van der Waals surface area contributed by atoms with Gasteiger partial charge in [0.1, 0.15) is 0 Å². The number of nitrogens with one attached hydrogen (secondary N) is 3. The zero-order chi connectivity index (χ0) is 15.4. The quantitative estimate of drug-likeness (QED) is 0.642. The van der Waals surface area contributed by atoms with Crippen molar-refractivity contribution in [2.45, 2.75) is 0 Å². The molecule has 0 atom stereocenters. The van der Waals surface area contributed by atoms with Gasteiger partial charge < -0.3 is 15.7 Å². The maximum absolute atomic E-state index is 12.2. The molecule has 3 aromatic rings. The zero-order valence-corrected chi connectivity index (χ0v) is 11.8. The Hall–Kier alpha value is -3.14. The first-order valence-corrected chi connectivity index (χ1v) is 6.92. The van der Waals surface area contributed by atoms with Gasteiger partial charge in [0.05, 0.1) is 5.56 Å². The lowest BCUT2D eigenvalue weighted by atomic mass is 10.1. The van der Waals surface area contributed by atoms with Crippen molar-refractivity contribution in [2.75, 3.05) is 5.32 Å². The van der Waals surface area contributed by atoms with Gasteiger partial charge in [-0.05, 0) is 29.7 Å². The van der Waals surface area contributed by atoms with Crippen molar-refractivity contribution in [1.29, 1.82) is 5.41 Å². The topological polar surface area (TPSA) is 68.7 Å². The molecule has 22 heavy (non-hydrogen) atoms. The summed E-state index contributed by atoms with van der Waals surface area (Å²) in [6.07, 6.45) is 2.84. The summed E-state index contributed by atoms with van der Waals surface area (Å²) in [6.45, 7) is 0. The van der Waals surface area contributed by atoms with Gasteiger partial charge in [-0.25, -0.2) is 0 Å². The Morgan fingerprint density at radius 3 is 2.55 bits per heavy atom. The molecular formula is C18H15N3O. The summed E-state index contributed by atoms with van der Waals surface area (Å²) in [5.74, 6) is 0. The molecule has 1 aromatic heterocycles. The summed E-state index contributed by atoms with van der Waals surface area (Å²) in [7, 11) is 0. The smallest absolute Gasteiger partial charge is 0.256 e. The predicted octanol–water partition coefficient (Wildman–Crippen LogP) is 3.63. The lowest BCUT2D eigenvalue weighted by Gasteiger charge is -2.05. The summed E-state index contributed by atoms with van der Waals surface area (Å²) < 4.78 is 0. The van der Waals surface area contributed by atoms with Crippen LogP contribution in [0.1, 0.15) is 5.56 Å². The number of para-hydroxylation sites is 2. The largest absolute Gasteiger partial charge is 0.361 e. The Kier molecular flexibility index (Phi) is 3.83. The van der Waals surface area contributed by atoms with Crippen LogP contribution in [0, 0.1) is 5.41 Å². The molecule has 3 N–H and O–H groups in total. The van der Waals surface area contributed by atoms with Crippen molar-refractivity contribution < 1.29 is 0 Å². The molecule has 108 valence electrons. The molecule has 0 aliphatic heterocycles. The van der Waals surface area contributed by atoms with E-state index in [9.17, 15) is 4.79 Å². The van der Waals surface area contributed by atoms with Crippen molar-refractivity contribution in [3.05, 3.63) is 82.8 Å². The summed E-state index contributed by atoms with van der Waals surface area (Å²) in [5.41, 5.74) is 2.48. The number of H-pyrrole nitrogens is 1. The Balaban J connectivity index is 2.01. The summed E-state index contributed by atoms with van der Waals surface area (Å²) >= 11 is 0. The van der Waals surface area contributed by atoms with Crippen LogP contribution < -0.4 is 10.9 Å².